The Kier molecular flexibility index (Phi) is 5.10. The van der Waals surface area contributed by atoms with E-state index in [-0.39, 0.29) is 11.6 Å². The van der Waals surface area contributed by atoms with Crippen LogP contribution in [-0.2, 0) is 12.7 Å². The summed E-state index contributed by atoms with van der Waals surface area (Å²) in [6.45, 7) is 2.79. The minimum Gasteiger partial charge on any atom is -0.341 e. The fraction of sp³-hybridized carbons (Fsp3) is 0.381. The Balaban J connectivity index is 1.62. The quantitative estimate of drug-likeness (QED) is 0.554. The standard InChI is InChI=1S/C21H21ClF3N3/c1-13-5-6-14(10-16(13)21(23,24)25)12-28-9-3-2-4-19(28)20-26-17-8-7-15(22)11-18(17)27-20/h5-8,10-11,19H,2-4,9,12H2,1H3,(H,26,27). The van der Waals surface area contributed by atoms with Crippen molar-refractivity contribution in [3.8, 4) is 0 Å². The molecule has 1 aromatic heterocycles. The maximum Gasteiger partial charge on any atom is 0.416 e. The lowest BCUT2D eigenvalue weighted by molar-refractivity contribution is -0.138. The van der Waals surface area contributed by atoms with Crippen LogP contribution in [0.4, 0.5) is 13.2 Å². The summed E-state index contributed by atoms with van der Waals surface area (Å²) in [5.41, 5.74) is 2.09. The molecular formula is C21H21ClF3N3. The Hall–Kier alpha value is -2.05. The van der Waals surface area contributed by atoms with E-state index in [9.17, 15) is 13.2 Å². The number of alkyl halides is 3. The molecule has 1 fully saturated rings. The van der Waals surface area contributed by atoms with Gasteiger partial charge >= 0.3 is 6.18 Å². The first-order chi connectivity index (χ1) is 13.3. The van der Waals surface area contributed by atoms with Crippen LogP contribution in [-0.4, -0.2) is 21.4 Å². The van der Waals surface area contributed by atoms with Crippen LogP contribution < -0.4 is 0 Å². The molecule has 0 radical (unpaired) electrons. The van der Waals surface area contributed by atoms with E-state index >= 15 is 0 Å². The summed E-state index contributed by atoms with van der Waals surface area (Å²) in [5, 5.41) is 0.641. The molecule has 7 heteroatoms. The van der Waals surface area contributed by atoms with Gasteiger partial charge in [-0.25, -0.2) is 4.98 Å². The van der Waals surface area contributed by atoms with Gasteiger partial charge in [0.05, 0.1) is 22.6 Å². The van der Waals surface area contributed by atoms with Gasteiger partial charge in [0.25, 0.3) is 0 Å². The molecule has 1 atom stereocenters. The smallest absolute Gasteiger partial charge is 0.341 e. The number of piperidine rings is 1. The Bertz CT molecular complexity index is 996. The maximum absolute atomic E-state index is 13.3. The molecule has 28 heavy (non-hydrogen) atoms. The average molecular weight is 408 g/mol. The molecule has 2 aromatic carbocycles. The fourth-order valence-electron chi connectivity index (χ4n) is 3.96. The number of fused-ring (bicyclic) bond motifs is 1. The summed E-state index contributed by atoms with van der Waals surface area (Å²) in [7, 11) is 0. The van der Waals surface area contributed by atoms with Crippen LogP contribution in [0.1, 0.15) is 47.8 Å². The molecule has 1 unspecified atom stereocenters. The topological polar surface area (TPSA) is 31.9 Å². The highest BCUT2D eigenvalue weighted by atomic mass is 35.5. The number of hydrogen-bond donors (Lipinski definition) is 1. The number of rotatable bonds is 3. The lowest BCUT2D eigenvalue weighted by Gasteiger charge is -2.34. The van der Waals surface area contributed by atoms with Gasteiger partial charge in [0.1, 0.15) is 5.82 Å². The fourth-order valence-corrected chi connectivity index (χ4v) is 4.13. The largest absolute Gasteiger partial charge is 0.416 e. The summed E-state index contributed by atoms with van der Waals surface area (Å²) in [6, 6.07) is 10.2. The van der Waals surface area contributed by atoms with Gasteiger partial charge in [-0.05, 0) is 61.7 Å². The summed E-state index contributed by atoms with van der Waals surface area (Å²) in [5.74, 6) is 0.847. The minimum atomic E-state index is -4.33. The number of benzene rings is 2. The summed E-state index contributed by atoms with van der Waals surface area (Å²) >= 11 is 6.06. The molecule has 0 amide bonds. The van der Waals surface area contributed by atoms with Crippen molar-refractivity contribution in [3.05, 3.63) is 63.9 Å². The van der Waals surface area contributed by atoms with Crippen LogP contribution in [0.3, 0.4) is 0 Å². The van der Waals surface area contributed by atoms with Crippen molar-refractivity contribution in [3.63, 3.8) is 0 Å². The van der Waals surface area contributed by atoms with Crippen LogP contribution in [0.15, 0.2) is 36.4 Å². The van der Waals surface area contributed by atoms with Crippen molar-refractivity contribution < 1.29 is 13.2 Å². The molecule has 148 valence electrons. The van der Waals surface area contributed by atoms with E-state index in [2.05, 4.69) is 9.88 Å². The summed E-state index contributed by atoms with van der Waals surface area (Å²) < 4.78 is 39.8. The Morgan fingerprint density at radius 1 is 1.18 bits per heavy atom. The van der Waals surface area contributed by atoms with Gasteiger partial charge < -0.3 is 4.98 Å². The average Bonchev–Trinajstić information content (AvgIpc) is 3.05. The molecule has 1 aliphatic rings. The number of hydrogen-bond acceptors (Lipinski definition) is 2. The minimum absolute atomic E-state index is 0.0514. The van der Waals surface area contributed by atoms with E-state index in [1.54, 1.807) is 18.2 Å². The van der Waals surface area contributed by atoms with Gasteiger partial charge in [-0.3, -0.25) is 4.90 Å². The maximum atomic E-state index is 13.3. The molecule has 2 heterocycles. The number of aromatic nitrogens is 2. The van der Waals surface area contributed by atoms with Crippen LogP contribution in [0.2, 0.25) is 5.02 Å². The third-order valence-corrected chi connectivity index (χ3v) is 5.62. The number of imidazole rings is 1. The van der Waals surface area contributed by atoms with Crippen LogP contribution in [0.25, 0.3) is 11.0 Å². The van der Waals surface area contributed by atoms with Crippen LogP contribution >= 0.6 is 11.6 Å². The molecule has 1 N–H and O–H groups in total. The normalized spacial score (nSPS) is 18.7. The van der Waals surface area contributed by atoms with Crippen molar-refractivity contribution in [1.29, 1.82) is 0 Å². The number of nitrogens with one attached hydrogen (secondary N) is 1. The van der Waals surface area contributed by atoms with Gasteiger partial charge in [-0.1, -0.05) is 30.2 Å². The van der Waals surface area contributed by atoms with Crippen molar-refractivity contribution >= 4 is 22.6 Å². The highest BCUT2D eigenvalue weighted by Gasteiger charge is 2.33. The first-order valence-corrected chi connectivity index (χ1v) is 9.75. The molecule has 0 bridgehead atoms. The second-order valence-corrected chi connectivity index (χ2v) is 7.85. The molecular weight excluding hydrogens is 387 g/mol. The Morgan fingerprint density at radius 2 is 2.00 bits per heavy atom. The van der Waals surface area contributed by atoms with Crippen LogP contribution in [0, 0.1) is 6.92 Å². The molecule has 3 nitrogen and oxygen atoms in total. The first kappa shape index (κ1) is 19.3. The number of likely N-dealkylation sites (tertiary alicyclic amines) is 1. The Morgan fingerprint density at radius 3 is 2.79 bits per heavy atom. The van der Waals surface area contributed by atoms with E-state index in [1.807, 2.05) is 12.1 Å². The van der Waals surface area contributed by atoms with Crippen molar-refractivity contribution in [2.24, 2.45) is 0 Å². The zero-order valence-corrected chi connectivity index (χ0v) is 16.2. The number of halogens is 4. The van der Waals surface area contributed by atoms with Gasteiger partial charge in [0.2, 0.25) is 0 Å². The lowest BCUT2D eigenvalue weighted by atomic mass is 9.99. The molecule has 1 aliphatic heterocycles. The second kappa shape index (κ2) is 7.41. The van der Waals surface area contributed by atoms with E-state index in [4.69, 9.17) is 16.6 Å². The van der Waals surface area contributed by atoms with Crippen molar-refractivity contribution in [2.75, 3.05) is 6.54 Å². The molecule has 0 spiro atoms. The van der Waals surface area contributed by atoms with E-state index in [1.165, 1.54) is 13.0 Å². The third kappa shape index (κ3) is 3.89. The van der Waals surface area contributed by atoms with E-state index in [0.717, 1.165) is 42.7 Å². The van der Waals surface area contributed by atoms with E-state index < -0.39 is 11.7 Å². The predicted molar refractivity (Wildman–Crippen MR) is 104 cm³/mol. The van der Waals surface area contributed by atoms with Crippen molar-refractivity contribution in [2.45, 2.75) is 44.9 Å². The SMILES string of the molecule is Cc1ccc(CN2CCCCC2c2nc3ccc(Cl)cc3[nH]2)cc1C(F)(F)F. The number of aromatic amines is 1. The Labute approximate surface area is 166 Å². The van der Waals surface area contributed by atoms with E-state index in [0.29, 0.717) is 17.1 Å². The first-order valence-electron chi connectivity index (χ1n) is 9.37. The van der Waals surface area contributed by atoms with Gasteiger partial charge in [-0.15, -0.1) is 0 Å². The molecule has 0 aliphatic carbocycles. The third-order valence-electron chi connectivity index (χ3n) is 5.38. The zero-order chi connectivity index (χ0) is 19.9. The van der Waals surface area contributed by atoms with Crippen molar-refractivity contribution in [1.82, 2.24) is 14.9 Å². The predicted octanol–water partition coefficient (Wildman–Crippen LogP) is 6.27. The summed E-state index contributed by atoms with van der Waals surface area (Å²) in [6.07, 6.45) is -1.31. The number of aryl methyl sites for hydroxylation is 1. The summed E-state index contributed by atoms with van der Waals surface area (Å²) in [4.78, 5) is 10.3. The molecule has 3 aromatic rings. The number of nitrogens with zero attached hydrogens (tertiary/aromatic N) is 2. The monoisotopic (exact) mass is 407 g/mol. The molecule has 1 saturated heterocycles. The zero-order valence-electron chi connectivity index (χ0n) is 15.5. The van der Waals surface area contributed by atoms with Crippen LogP contribution in [0.5, 0.6) is 0 Å². The van der Waals surface area contributed by atoms with Gasteiger partial charge in [0.15, 0.2) is 0 Å². The van der Waals surface area contributed by atoms with Gasteiger partial charge in [0, 0.05) is 11.6 Å². The highest BCUT2D eigenvalue weighted by molar-refractivity contribution is 6.31. The highest BCUT2D eigenvalue weighted by Crippen LogP contribution is 2.35. The van der Waals surface area contributed by atoms with Gasteiger partial charge in [-0.2, -0.15) is 13.2 Å². The molecule has 0 saturated carbocycles. The number of H-pyrrole nitrogens is 1. The second-order valence-electron chi connectivity index (χ2n) is 7.41. The molecule has 4 rings (SSSR count). The lowest BCUT2D eigenvalue weighted by Crippen LogP contribution is -2.33.